The molecule has 0 atom stereocenters. The summed E-state index contributed by atoms with van der Waals surface area (Å²) < 4.78 is 37.8. The predicted octanol–water partition coefficient (Wildman–Crippen LogP) is 4.39. The number of nitrogens with zero attached hydrogens (tertiary/aromatic N) is 1. The molecule has 136 valence electrons. The van der Waals surface area contributed by atoms with Gasteiger partial charge in [-0.1, -0.05) is 17.7 Å². The second-order valence-corrected chi connectivity index (χ2v) is 5.72. The van der Waals surface area contributed by atoms with Gasteiger partial charge in [0, 0.05) is 17.7 Å². The quantitative estimate of drug-likeness (QED) is 0.451. The zero-order valence-electron chi connectivity index (χ0n) is 12.6. The van der Waals surface area contributed by atoms with E-state index < -0.39 is 22.6 Å². The number of nitro groups is 1. The summed E-state index contributed by atoms with van der Waals surface area (Å²) >= 11 is 10.7. The minimum Gasteiger partial charge on any atom is -0.331 e. The minimum atomic E-state index is -4.54. The molecule has 0 saturated carbocycles. The molecule has 0 spiro atoms. The first-order chi connectivity index (χ1) is 12.1. The van der Waals surface area contributed by atoms with Gasteiger partial charge >= 0.3 is 6.18 Å². The fourth-order valence-electron chi connectivity index (χ4n) is 1.88. The Kier molecular flexibility index (Phi) is 5.78. The molecule has 2 aromatic carbocycles. The maximum atomic E-state index is 12.6. The number of halogens is 4. The van der Waals surface area contributed by atoms with Gasteiger partial charge in [0.05, 0.1) is 21.2 Å². The molecule has 0 aliphatic heterocycles. The van der Waals surface area contributed by atoms with E-state index in [1.165, 1.54) is 18.2 Å². The summed E-state index contributed by atoms with van der Waals surface area (Å²) in [4.78, 5) is 22.1. The van der Waals surface area contributed by atoms with Crippen molar-refractivity contribution < 1.29 is 22.9 Å². The van der Waals surface area contributed by atoms with Gasteiger partial charge in [0.2, 0.25) is 0 Å². The number of hydrogen-bond acceptors (Lipinski definition) is 4. The second-order valence-electron chi connectivity index (χ2n) is 4.91. The lowest BCUT2D eigenvalue weighted by atomic mass is 10.2. The van der Waals surface area contributed by atoms with E-state index in [0.29, 0.717) is 0 Å². The van der Waals surface area contributed by atoms with Crippen LogP contribution in [0.25, 0.3) is 0 Å². The number of hydrogen-bond donors (Lipinski definition) is 2. The van der Waals surface area contributed by atoms with Crippen molar-refractivity contribution in [2.45, 2.75) is 6.18 Å². The van der Waals surface area contributed by atoms with Gasteiger partial charge in [0.25, 0.3) is 11.6 Å². The molecule has 26 heavy (non-hydrogen) atoms. The van der Waals surface area contributed by atoms with Crippen LogP contribution < -0.4 is 10.6 Å². The van der Waals surface area contributed by atoms with Gasteiger partial charge in [-0.05, 0) is 36.5 Å². The highest BCUT2D eigenvalue weighted by atomic mass is 35.5. The summed E-state index contributed by atoms with van der Waals surface area (Å²) in [6.07, 6.45) is -4.54. The molecule has 2 N–H and O–H groups in total. The van der Waals surface area contributed by atoms with E-state index in [4.69, 9.17) is 23.8 Å². The summed E-state index contributed by atoms with van der Waals surface area (Å²) in [5.74, 6) is -0.728. The summed E-state index contributed by atoms with van der Waals surface area (Å²) in [5.41, 5.74) is -1.16. The van der Waals surface area contributed by atoms with Crippen LogP contribution in [0.5, 0.6) is 0 Å². The molecule has 0 radical (unpaired) electrons. The largest absolute Gasteiger partial charge is 0.416 e. The van der Waals surface area contributed by atoms with E-state index in [9.17, 15) is 28.1 Å². The van der Waals surface area contributed by atoms with Crippen molar-refractivity contribution in [2.24, 2.45) is 0 Å². The Morgan fingerprint density at radius 2 is 1.88 bits per heavy atom. The van der Waals surface area contributed by atoms with Gasteiger partial charge in [-0.15, -0.1) is 0 Å². The number of anilines is 1. The highest BCUT2D eigenvalue weighted by molar-refractivity contribution is 7.80. The number of carbonyl (C=O) groups excluding carboxylic acids is 1. The van der Waals surface area contributed by atoms with E-state index in [-0.39, 0.29) is 27.1 Å². The van der Waals surface area contributed by atoms with Crippen LogP contribution in [0, 0.1) is 10.1 Å². The average molecular weight is 404 g/mol. The molecule has 0 heterocycles. The number of alkyl halides is 3. The number of thiocarbonyl (C=S) groups is 1. The van der Waals surface area contributed by atoms with Crippen LogP contribution in [0.4, 0.5) is 24.5 Å². The minimum absolute atomic E-state index is 0.0122. The number of amides is 1. The fourth-order valence-corrected chi connectivity index (χ4v) is 2.31. The van der Waals surface area contributed by atoms with Crippen molar-refractivity contribution in [2.75, 3.05) is 5.32 Å². The third-order valence-corrected chi connectivity index (χ3v) is 3.61. The highest BCUT2D eigenvalue weighted by Gasteiger charge is 2.30. The Hall–Kier alpha value is -2.72. The number of nitrogens with one attached hydrogen (secondary N) is 2. The van der Waals surface area contributed by atoms with Gasteiger partial charge in [-0.2, -0.15) is 13.2 Å². The normalized spacial score (nSPS) is 10.9. The van der Waals surface area contributed by atoms with E-state index in [2.05, 4.69) is 10.6 Å². The van der Waals surface area contributed by atoms with E-state index >= 15 is 0 Å². The Morgan fingerprint density at radius 3 is 2.46 bits per heavy atom. The zero-order chi connectivity index (χ0) is 19.5. The van der Waals surface area contributed by atoms with Crippen LogP contribution in [-0.2, 0) is 6.18 Å². The SMILES string of the molecule is O=C(NC(=S)Nc1ccc(C(F)(F)F)cc1Cl)c1cccc([N+](=O)[O-])c1. The van der Waals surface area contributed by atoms with Crippen molar-refractivity contribution >= 4 is 46.2 Å². The molecule has 0 saturated heterocycles. The molecule has 0 unspecified atom stereocenters. The van der Waals surface area contributed by atoms with Crippen molar-refractivity contribution in [3.63, 3.8) is 0 Å². The number of non-ortho nitro benzene ring substituents is 1. The Morgan fingerprint density at radius 1 is 1.19 bits per heavy atom. The molecule has 0 bridgehead atoms. The van der Waals surface area contributed by atoms with Gasteiger partial charge in [0.1, 0.15) is 0 Å². The first kappa shape index (κ1) is 19.6. The number of rotatable bonds is 3. The van der Waals surface area contributed by atoms with E-state index in [1.807, 2.05) is 0 Å². The molecule has 0 fully saturated rings. The first-order valence-corrected chi connectivity index (χ1v) is 7.60. The Bertz CT molecular complexity index is 890. The third kappa shape index (κ3) is 4.90. The van der Waals surface area contributed by atoms with Crippen LogP contribution in [0.1, 0.15) is 15.9 Å². The molecule has 1 amide bonds. The van der Waals surface area contributed by atoms with Crippen LogP contribution in [0.15, 0.2) is 42.5 Å². The lowest BCUT2D eigenvalue weighted by molar-refractivity contribution is -0.384. The molecular weight excluding hydrogens is 395 g/mol. The van der Waals surface area contributed by atoms with Crippen molar-refractivity contribution in [3.05, 3.63) is 68.7 Å². The van der Waals surface area contributed by atoms with Crippen molar-refractivity contribution in [1.29, 1.82) is 0 Å². The number of benzene rings is 2. The molecule has 2 aromatic rings. The van der Waals surface area contributed by atoms with Crippen LogP contribution in [-0.4, -0.2) is 15.9 Å². The maximum Gasteiger partial charge on any atom is 0.416 e. The first-order valence-electron chi connectivity index (χ1n) is 6.81. The number of nitro benzene ring substituents is 1. The van der Waals surface area contributed by atoms with Gasteiger partial charge in [-0.3, -0.25) is 20.2 Å². The zero-order valence-corrected chi connectivity index (χ0v) is 14.2. The standard InChI is InChI=1S/C15H9ClF3N3O3S/c16-11-7-9(15(17,18)19)4-5-12(11)20-14(26)21-13(23)8-2-1-3-10(6-8)22(24)25/h1-7H,(H2,20,21,23,26). The van der Waals surface area contributed by atoms with Crippen LogP contribution in [0.2, 0.25) is 5.02 Å². The molecule has 6 nitrogen and oxygen atoms in total. The Labute approximate surface area is 155 Å². The molecule has 2 rings (SSSR count). The van der Waals surface area contributed by atoms with Crippen LogP contribution in [0.3, 0.4) is 0 Å². The molecular formula is C15H9ClF3N3O3S. The van der Waals surface area contributed by atoms with Gasteiger partial charge in [-0.25, -0.2) is 0 Å². The monoisotopic (exact) mass is 403 g/mol. The van der Waals surface area contributed by atoms with Crippen molar-refractivity contribution in [1.82, 2.24) is 5.32 Å². The summed E-state index contributed by atoms with van der Waals surface area (Å²) in [6, 6.07) is 7.54. The molecule has 0 aliphatic rings. The molecule has 0 aliphatic carbocycles. The van der Waals surface area contributed by atoms with Crippen molar-refractivity contribution in [3.8, 4) is 0 Å². The highest BCUT2D eigenvalue weighted by Crippen LogP contribution is 2.33. The van der Waals surface area contributed by atoms with E-state index in [1.54, 1.807) is 0 Å². The second kappa shape index (κ2) is 7.67. The Balaban J connectivity index is 2.08. The predicted molar refractivity (Wildman–Crippen MR) is 93.2 cm³/mol. The lowest BCUT2D eigenvalue weighted by Crippen LogP contribution is -2.34. The smallest absolute Gasteiger partial charge is 0.331 e. The van der Waals surface area contributed by atoms with Crippen LogP contribution >= 0.6 is 23.8 Å². The molecule has 0 aromatic heterocycles. The summed E-state index contributed by atoms with van der Waals surface area (Å²) in [7, 11) is 0. The summed E-state index contributed by atoms with van der Waals surface area (Å²) in [5, 5.41) is 15.0. The number of carbonyl (C=O) groups is 1. The van der Waals surface area contributed by atoms with E-state index in [0.717, 1.165) is 24.3 Å². The van der Waals surface area contributed by atoms with Gasteiger partial charge in [0.15, 0.2) is 5.11 Å². The lowest BCUT2D eigenvalue weighted by Gasteiger charge is -2.13. The molecule has 11 heteroatoms. The van der Waals surface area contributed by atoms with Gasteiger partial charge < -0.3 is 5.32 Å². The topological polar surface area (TPSA) is 84.3 Å². The summed E-state index contributed by atoms with van der Waals surface area (Å²) in [6.45, 7) is 0. The third-order valence-electron chi connectivity index (χ3n) is 3.09. The fraction of sp³-hybridized carbons (Fsp3) is 0.0667. The maximum absolute atomic E-state index is 12.6. The average Bonchev–Trinajstić information content (AvgIpc) is 2.55.